The van der Waals surface area contributed by atoms with Gasteiger partial charge < -0.3 is 10.0 Å². The third-order valence-electron chi connectivity index (χ3n) is 3.17. The van der Waals surface area contributed by atoms with Gasteiger partial charge >= 0.3 is 5.97 Å². The van der Waals surface area contributed by atoms with Crippen molar-refractivity contribution in [3.05, 3.63) is 41.0 Å². The highest BCUT2D eigenvalue weighted by molar-refractivity contribution is 5.97. The molecule has 1 aromatic rings. The number of carbonyl (C=O) groups excluding carboxylic acids is 1. The van der Waals surface area contributed by atoms with Gasteiger partial charge in [0, 0.05) is 24.7 Å². The Morgan fingerprint density at radius 1 is 1.30 bits per heavy atom. The molecule has 0 atom stereocenters. The van der Waals surface area contributed by atoms with Crippen LogP contribution in [0.4, 0.5) is 0 Å². The fraction of sp³-hybridized carbons (Fsp3) is 0.375. The van der Waals surface area contributed by atoms with Gasteiger partial charge in [-0.1, -0.05) is 19.1 Å². The van der Waals surface area contributed by atoms with Crippen molar-refractivity contribution in [2.45, 2.75) is 27.2 Å². The molecule has 0 aliphatic carbocycles. The summed E-state index contributed by atoms with van der Waals surface area (Å²) in [7, 11) is 0. The highest BCUT2D eigenvalue weighted by atomic mass is 16.4. The Morgan fingerprint density at radius 2 is 2.00 bits per heavy atom. The van der Waals surface area contributed by atoms with Crippen molar-refractivity contribution in [1.82, 2.24) is 4.90 Å². The van der Waals surface area contributed by atoms with Crippen molar-refractivity contribution in [1.29, 1.82) is 0 Å². The predicted molar refractivity (Wildman–Crippen MR) is 79.7 cm³/mol. The van der Waals surface area contributed by atoms with Crippen molar-refractivity contribution < 1.29 is 14.7 Å². The third-order valence-corrected chi connectivity index (χ3v) is 3.17. The summed E-state index contributed by atoms with van der Waals surface area (Å²) in [5.41, 5.74) is 2.20. The number of carbonyl (C=O) groups is 2. The summed E-state index contributed by atoms with van der Waals surface area (Å²) >= 11 is 0. The van der Waals surface area contributed by atoms with Crippen LogP contribution in [0.1, 0.15) is 41.8 Å². The lowest BCUT2D eigenvalue weighted by Crippen LogP contribution is -2.32. The fourth-order valence-electron chi connectivity index (χ4n) is 2.07. The summed E-state index contributed by atoms with van der Waals surface area (Å²) in [5.74, 6) is -1.00. The number of hydrogen-bond donors (Lipinski definition) is 1. The van der Waals surface area contributed by atoms with Crippen LogP contribution in [-0.2, 0) is 4.79 Å². The van der Waals surface area contributed by atoms with Gasteiger partial charge in [-0.15, -0.1) is 0 Å². The van der Waals surface area contributed by atoms with Gasteiger partial charge in [-0.3, -0.25) is 4.79 Å². The van der Waals surface area contributed by atoms with Gasteiger partial charge in [0.1, 0.15) is 0 Å². The number of rotatable bonds is 6. The van der Waals surface area contributed by atoms with E-state index in [-0.39, 0.29) is 5.91 Å². The maximum atomic E-state index is 12.5. The first-order valence-electron chi connectivity index (χ1n) is 6.81. The minimum Gasteiger partial charge on any atom is -0.478 e. The molecule has 0 bridgehead atoms. The van der Waals surface area contributed by atoms with Gasteiger partial charge in [-0.05, 0) is 43.5 Å². The van der Waals surface area contributed by atoms with E-state index in [0.29, 0.717) is 12.1 Å². The van der Waals surface area contributed by atoms with Crippen molar-refractivity contribution >= 4 is 18.0 Å². The van der Waals surface area contributed by atoms with E-state index in [0.717, 1.165) is 30.2 Å². The SMILES string of the molecule is CCCN(CC)C(=O)c1cccc(C=CC(=O)O)c1C. The number of hydrogen-bond acceptors (Lipinski definition) is 2. The second-order valence-corrected chi connectivity index (χ2v) is 4.58. The molecular weight excluding hydrogens is 254 g/mol. The van der Waals surface area contributed by atoms with Gasteiger partial charge in [-0.2, -0.15) is 0 Å². The van der Waals surface area contributed by atoms with Crippen LogP contribution in [0.3, 0.4) is 0 Å². The Hall–Kier alpha value is -2.10. The quantitative estimate of drug-likeness (QED) is 0.812. The molecule has 4 heteroatoms. The zero-order chi connectivity index (χ0) is 15.1. The Morgan fingerprint density at radius 3 is 2.55 bits per heavy atom. The molecule has 4 nitrogen and oxygen atoms in total. The van der Waals surface area contributed by atoms with E-state index in [1.165, 1.54) is 6.08 Å². The summed E-state index contributed by atoms with van der Waals surface area (Å²) in [4.78, 5) is 24.8. The van der Waals surface area contributed by atoms with E-state index in [2.05, 4.69) is 0 Å². The summed E-state index contributed by atoms with van der Waals surface area (Å²) in [6.07, 6.45) is 3.52. The van der Waals surface area contributed by atoms with Crippen LogP contribution in [0.2, 0.25) is 0 Å². The molecule has 0 fully saturated rings. The average Bonchev–Trinajstić information content (AvgIpc) is 2.42. The molecule has 0 saturated carbocycles. The highest BCUT2D eigenvalue weighted by Gasteiger charge is 2.16. The largest absolute Gasteiger partial charge is 0.478 e. The number of amides is 1. The Balaban J connectivity index is 3.10. The molecule has 0 radical (unpaired) electrons. The Bertz CT molecular complexity index is 520. The second-order valence-electron chi connectivity index (χ2n) is 4.58. The first-order chi connectivity index (χ1) is 9.51. The molecular formula is C16H21NO3. The lowest BCUT2D eigenvalue weighted by atomic mass is 10.0. The number of aliphatic carboxylic acids is 1. The molecule has 0 spiro atoms. The molecule has 108 valence electrons. The zero-order valence-electron chi connectivity index (χ0n) is 12.2. The summed E-state index contributed by atoms with van der Waals surface area (Å²) in [5, 5.41) is 8.68. The third kappa shape index (κ3) is 3.95. The van der Waals surface area contributed by atoms with Crippen LogP contribution in [0.15, 0.2) is 24.3 Å². The molecule has 0 aliphatic heterocycles. The van der Waals surface area contributed by atoms with Crippen LogP contribution in [0.5, 0.6) is 0 Å². The molecule has 0 aromatic heterocycles. The van der Waals surface area contributed by atoms with E-state index >= 15 is 0 Å². The Kier molecular flexibility index (Phi) is 5.97. The minimum atomic E-state index is -0.998. The minimum absolute atomic E-state index is 0.00238. The average molecular weight is 275 g/mol. The molecule has 0 saturated heterocycles. The van der Waals surface area contributed by atoms with Gasteiger partial charge in [-0.25, -0.2) is 4.79 Å². The summed E-state index contributed by atoms with van der Waals surface area (Å²) in [6.45, 7) is 7.23. The molecule has 0 unspecified atom stereocenters. The van der Waals surface area contributed by atoms with Crippen molar-refractivity contribution in [3.63, 3.8) is 0 Å². The standard InChI is InChI=1S/C16H21NO3/c1-4-11-17(5-2)16(20)14-8-6-7-13(12(14)3)9-10-15(18)19/h6-10H,4-5,11H2,1-3H3,(H,18,19). The van der Waals surface area contributed by atoms with Gasteiger partial charge in [0.2, 0.25) is 0 Å². The normalized spacial score (nSPS) is 10.8. The monoisotopic (exact) mass is 275 g/mol. The number of nitrogens with zero attached hydrogens (tertiary/aromatic N) is 1. The smallest absolute Gasteiger partial charge is 0.328 e. The first-order valence-corrected chi connectivity index (χ1v) is 6.81. The maximum absolute atomic E-state index is 12.5. The first kappa shape index (κ1) is 16.0. The van der Waals surface area contributed by atoms with Crippen LogP contribution in [0.25, 0.3) is 6.08 Å². The topological polar surface area (TPSA) is 57.6 Å². The number of carboxylic acid groups (broad SMARTS) is 1. The maximum Gasteiger partial charge on any atom is 0.328 e. The van der Waals surface area contributed by atoms with Gasteiger partial charge in [0.05, 0.1) is 0 Å². The predicted octanol–water partition coefficient (Wildman–Crippen LogP) is 2.96. The molecule has 1 amide bonds. The zero-order valence-corrected chi connectivity index (χ0v) is 12.2. The molecule has 1 N–H and O–H groups in total. The van der Waals surface area contributed by atoms with E-state index in [1.807, 2.05) is 26.8 Å². The van der Waals surface area contributed by atoms with Crippen molar-refractivity contribution in [2.24, 2.45) is 0 Å². The molecule has 1 rings (SSSR count). The number of carboxylic acids is 1. The van der Waals surface area contributed by atoms with Crippen LogP contribution in [0, 0.1) is 6.92 Å². The van der Waals surface area contributed by atoms with E-state index < -0.39 is 5.97 Å². The number of benzene rings is 1. The van der Waals surface area contributed by atoms with Gasteiger partial charge in [0.25, 0.3) is 5.91 Å². The molecule has 0 heterocycles. The summed E-state index contributed by atoms with van der Waals surface area (Å²) < 4.78 is 0. The van der Waals surface area contributed by atoms with Gasteiger partial charge in [0.15, 0.2) is 0 Å². The molecule has 1 aromatic carbocycles. The molecule has 0 aliphatic rings. The van der Waals surface area contributed by atoms with Crippen LogP contribution in [-0.4, -0.2) is 35.0 Å². The van der Waals surface area contributed by atoms with Crippen molar-refractivity contribution in [2.75, 3.05) is 13.1 Å². The van der Waals surface area contributed by atoms with Crippen molar-refractivity contribution in [3.8, 4) is 0 Å². The second kappa shape index (κ2) is 7.48. The summed E-state index contributed by atoms with van der Waals surface area (Å²) in [6, 6.07) is 5.37. The van der Waals surface area contributed by atoms with E-state index in [4.69, 9.17) is 5.11 Å². The lowest BCUT2D eigenvalue weighted by molar-refractivity contribution is -0.131. The van der Waals surface area contributed by atoms with E-state index in [1.54, 1.807) is 17.0 Å². The highest BCUT2D eigenvalue weighted by Crippen LogP contribution is 2.17. The van der Waals surface area contributed by atoms with E-state index in [9.17, 15) is 9.59 Å². The lowest BCUT2D eigenvalue weighted by Gasteiger charge is -2.21. The van der Waals surface area contributed by atoms with Crippen LogP contribution >= 0.6 is 0 Å². The van der Waals surface area contributed by atoms with Crippen LogP contribution < -0.4 is 0 Å². The molecule has 20 heavy (non-hydrogen) atoms. The Labute approximate surface area is 119 Å². The fourth-order valence-corrected chi connectivity index (χ4v) is 2.07.